The predicted octanol–water partition coefficient (Wildman–Crippen LogP) is 2.04. The first-order valence-corrected chi connectivity index (χ1v) is 7.24. The minimum Gasteiger partial charge on any atom is -0.355 e. The van der Waals surface area contributed by atoms with Crippen molar-refractivity contribution < 1.29 is 9.59 Å². The second-order valence-corrected chi connectivity index (χ2v) is 5.16. The normalized spacial score (nSPS) is 9.86. The summed E-state index contributed by atoms with van der Waals surface area (Å²) < 4.78 is 0. The Morgan fingerprint density at radius 1 is 1.24 bits per heavy atom. The first-order chi connectivity index (χ1) is 9.93. The quantitative estimate of drug-likeness (QED) is 0.622. The molecule has 0 spiro atoms. The topological polar surface area (TPSA) is 61.4 Å². The fraction of sp³-hybridized carbons (Fsp3) is 0.400. The molecule has 2 N–H and O–H groups in total. The second kappa shape index (κ2) is 8.36. The van der Waals surface area contributed by atoms with Crippen molar-refractivity contribution in [1.29, 1.82) is 0 Å². The molecule has 0 fully saturated rings. The van der Waals surface area contributed by atoms with E-state index >= 15 is 0 Å². The number of hydrogen-bond donors (Lipinski definition) is 2. The van der Waals surface area contributed by atoms with Gasteiger partial charge in [-0.15, -0.1) is 0 Å². The number of Topliss-reactive ketones (excluding diaryl/α,β-unsaturated/α-hetero) is 1. The number of nitrogens with one attached hydrogen (secondary N) is 2. The van der Waals surface area contributed by atoms with Crippen LogP contribution in [0.25, 0.3) is 0 Å². The Bertz CT molecular complexity index is 514. The summed E-state index contributed by atoms with van der Waals surface area (Å²) >= 11 is 5.24. The molecule has 0 aliphatic heterocycles. The predicted molar refractivity (Wildman–Crippen MR) is 88.6 cm³/mol. The lowest BCUT2D eigenvalue weighted by Gasteiger charge is -2.20. The van der Waals surface area contributed by atoms with Gasteiger partial charge in [0.2, 0.25) is 5.91 Å². The summed E-state index contributed by atoms with van der Waals surface area (Å²) in [4.78, 5) is 24.5. The van der Waals surface area contributed by atoms with Gasteiger partial charge in [0.15, 0.2) is 10.9 Å². The standard InChI is InChI=1S/C15H21N3O2S/c1-4-9-16-14(20)10-18(3)15(21)17-13-7-5-12(6-8-13)11(2)19/h5-8H,4,9-10H2,1-3H3,(H,16,20)(H,17,21). The molecule has 0 saturated heterocycles. The molecule has 21 heavy (non-hydrogen) atoms. The lowest BCUT2D eigenvalue weighted by Crippen LogP contribution is -2.40. The summed E-state index contributed by atoms with van der Waals surface area (Å²) in [6.07, 6.45) is 0.903. The van der Waals surface area contributed by atoms with Crippen LogP contribution in [0.2, 0.25) is 0 Å². The SMILES string of the molecule is CCCNC(=O)CN(C)C(=S)Nc1ccc(C(C)=O)cc1. The van der Waals surface area contributed by atoms with Gasteiger partial charge in [0, 0.05) is 24.8 Å². The van der Waals surface area contributed by atoms with Gasteiger partial charge in [0.05, 0.1) is 6.54 Å². The molecule has 1 aromatic rings. The molecule has 6 heteroatoms. The van der Waals surface area contributed by atoms with Gasteiger partial charge >= 0.3 is 0 Å². The maximum Gasteiger partial charge on any atom is 0.239 e. The second-order valence-electron chi connectivity index (χ2n) is 4.77. The maximum absolute atomic E-state index is 11.6. The van der Waals surface area contributed by atoms with E-state index in [-0.39, 0.29) is 18.2 Å². The molecule has 0 saturated carbocycles. The van der Waals surface area contributed by atoms with Crippen LogP contribution < -0.4 is 10.6 Å². The molecule has 1 aromatic carbocycles. The van der Waals surface area contributed by atoms with Crippen molar-refractivity contribution in [3.05, 3.63) is 29.8 Å². The van der Waals surface area contributed by atoms with Crippen LogP contribution in [-0.2, 0) is 4.79 Å². The molecule has 0 aliphatic carbocycles. The molecule has 0 aliphatic rings. The number of rotatable bonds is 6. The van der Waals surface area contributed by atoms with Crippen LogP contribution in [0.15, 0.2) is 24.3 Å². The lowest BCUT2D eigenvalue weighted by molar-refractivity contribution is -0.121. The third-order valence-electron chi connectivity index (χ3n) is 2.84. The van der Waals surface area contributed by atoms with E-state index in [1.165, 1.54) is 6.92 Å². The molecular formula is C15H21N3O2S. The van der Waals surface area contributed by atoms with Crippen LogP contribution >= 0.6 is 12.2 Å². The van der Waals surface area contributed by atoms with Gasteiger partial charge in [-0.1, -0.05) is 6.92 Å². The summed E-state index contributed by atoms with van der Waals surface area (Å²) in [5.41, 5.74) is 1.43. The highest BCUT2D eigenvalue weighted by Crippen LogP contribution is 2.10. The van der Waals surface area contributed by atoms with Crippen LogP contribution in [0.5, 0.6) is 0 Å². The van der Waals surface area contributed by atoms with Crippen molar-refractivity contribution in [2.45, 2.75) is 20.3 Å². The fourth-order valence-electron chi connectivity index (χ4n) is 1.61. The fourth-order valence-corrected chi connectivity index (χ4v) is 1.80. The summed E-state index contributed by atoms with van der Waals surface area (Å²) in [6, 6.07) is 7.05. The number of likely N-dealkylation sites (N-methyl/N-ethyl adjacent to an activating group) is 1. The number of carbonyl (C=O) groups is 2. The van der Waals surface area contributed by atoms with E-state index in [4.69, 9.17) is 12.2 Å². The number of amides is 1. The summed E-state index contributed by atoms with van der Waals surface area (Å²) in [7, 11) is 1.75. The van der Waals surface area contributed by atoms with Gasteiger partial charge < -0.3 is 15.5 Å². The number of thiocarbonyl (C=S) groups is 1. The number of benzene rings is 1. The van der Waals surface area contributed by atoms with E-state index in [0.29, 0.717) is 17.2 Å². The maximum atomic E-state index is 11.6. The lowest BCUT2D eigenvalue weighted by atomic mass is 10.1. The number of anilines is 1. The van der Waals surface area contributed by atoms with Crippen LogP contribution in [0.4, 0.5) is 5.69 Å². The van der Waals surface area contributed by atoms with Crippen molar-refractivity contribution in [2.75, 3.05) is 25.5 Å². The van der Waals surface area contributed by atoms with Crippen molar-refractivity contribution in [3.8, 4) is 0 Å². The minimum atomic E-state index is -0.0598. The van der Waals surface area contributed by atoms with Gasteiger partial charge in [-0.25, -0.2) is 0 Å². The number of hydrogen-bond acceptors (Lipinski definition) is 3. The van der Waals surface area contributed by atoms with E-state index < -0.39 is 0 Å². The van der Waals surface area contributed by atoms with Crippen molar-refractivity contribution in [2.24, 2.45) is 0 Å². The zero-order valence-electron chi connectivity index (χ0n) is 12.6. The van der Waals surface area contributed by atoms with Crippen LogP contribution in [0.1, 0.15) is 30.6 Å². The highest BCUT2D eigenvalue weighted by Gasteiger charge is 2.09. The first kappa shape index (κ1) is 17.1. The molecule has 0 bridgehead atoms. The number of ketones is 1. The Balaban J connectivity index is 2.51. The Morgan fingerprint density at radius 3 is 2.38 bits per heavy atom. The Labute approximate surface area is 130 Å². The highest BCUT2D eigenvalue weighted by molar-refractivity contribution is 7.80. The van der Waals surface area contributed by atoms with Crippen LogP contribution in [0, 0.1) is 0 Å². The van der Waals surface area contributed by atoms with Gasteiger partial charge in [-0.2, -0.15) is 0 Å². The van der Waals surface area contributed by atoms with E-state index in [1.807, 2.05) is 6.92 Å². The zero-order valence-corrected chi connectivity index (χ0v) is 13.4. The van der Waals surface area contributed by atoms with Crippen molar-refractivity contribution in [1.82, 2.24) is 10.2 Å². The van der Waals surface area contributed by atoms with Gasteiger partial charge in [0.25, 0.3) is 0 Å². The molecule has 1 rings (SSSR count). The van der Waals surface area contributed by atoms with Gasteiger partial charge in [-0.3, -0.25) is 9.59 Å². The largest absolute Gasteiger partial charge is 0.355 e. The minimum absolute atomic E-state index is 0.0221. The third kappa shape index (κ3) is 5.91. The van der Waals surface area contributed by atoms with Crippen LogP contribution in [-0.4, -0.2) is 41.8 Å². The molecule has 1 amide bonds. The molecule has 0 aromatic heterocycles. The summed E-state index contributed by atoms with van der Waals surface area (Å²) in [6.45, 7) is 4.40. The number of nitrogens with zero attached hydrogens (tertiary/aromatic N) is 1. The van der Waals surface area contributed by atoms with E-state index in [9.17, 15) is 9.59 Å². The summed E-state index contributed by atoms with van der Waals surface area (Å²) in [5, 5.41) is 6.29. The highest BCUT2D eigenvalue weighted by atomic mass is 32.1. The molecular weight excluding hydrogens is 286 g/mol. The van der Waals surface area contributed by atoms with E-state index in [0.717, 1.165) is 12.1 Å². The summed E-state index contributed by atoms with van der Waals surface area (Å²) in [5.74, 6) is -0.0377. The van der Waals surface area contributed by atoms with Gasteiger partial charge in [0.1, 0.15) is 0 Å². The Hall–Kier alpha value is -1.95. The third-order valence-corrected chi connectivity index (χ3v) is 3.26. The molecule has 0 atom stereocenters. The average molecular weight is 307 g/mol. The molecule has 0 heterocycles. The molecule has 0 unspecified atom stereocenters. The zero-order chi connectivity index (χ0) is 15.8. The molecule has 0 radical (unpaired) electrons. The smallest absolute Gasteiger partial charge is 0.239 e. The first-order valence-electron chi connectivity index (χ1n) is 6.84. The average Bonchev–Trinajstić information content (AvgIpc) is 2.45. The molecule has 5 nitrogen and oxygen atoms in total. The van der Waals surface area contributed by atoms with E-state index in [1.54, 1.807) is 36.2 Å². The Kier molecular flexibility index (Phi) is 6.81. The molecule has 114 valence electrons. The van der Waals surface area contributed by atoms with E-state index in [2.05, 4.69) is 10.6 Å². The van der Waals surface area contributed by atoms with Crippen molar-refractivity contribution in [3.63, 3.8) is 0 Å². The number of carbonyl (C=O) groups excluding carboxylic acids is 2. The van der Waals surface area contributed by atoms with Gasteiger partial charge in [-0.05, 0) is 49.8 Å². The van der Waals surface area contributed by atoms with Crippen LogP contribution in [0.3, 0.4) is 0 Å². The monoisotopic (exact) mass is 307 g/mol. The Morgan fingerprint density at radius 2 is 1.86 bits per heavy atom. The van der Waals surface area contributed by atoms with Crippen molar-refractivity contribution >= 4 is 34.7 Å².